The maximum atomic E-state index is 13.5. The molecule has 1 aliphatic heterocycles. The number of ether oxygens (including phenoxy) is 4. The first-order chi connectivity index (χ1) is 30.7. The zero-order valence-electron chi connectivity index (χ0n) is 35.8. The number of aromatic nitrogens is 4. The quantitative estimate of drug-likeness (QED) is 0.0445. The number of aliphatic imine (C=N–C) groups is 1. The third-order valence-corrected chi connectivity index (χ3v) is 11.9. The molecular weight excluding hydrogens is 840 g/mol. The normalized spacial score (nSPS) is 13.1. The molecule has 63 heavy (non-hydrogen) atoms. The minimum absolute atomic E-state index is 0.0705. The van der Waals surface area contributed by atoms with Crippen LogP contribution in [0.1, 0.15) is 51.2 Å². The Kier molecular flexibility index (Phi) is 15.7. The first-order valence-electron chi connectivity index (χ1n) is 20.8. The van der Waals surface area contributed by atoms with Crippen LogP contribution in [-0.4, -0.2) is 97.5 Å². The zero-order valence-corrected chi connectivity index (χ0v) is 37.4. The second-order valence-electron chi connectivity index (χ2n) is 14.7. The zero-order chi connectivity index (χ0) is 44.1. The second kappa shape index (κ2) is 21.9. The Morgan fingerprint density at radius 3 is 2.27 bits per heavy atom. The van der Waals surface area contributed by atoms with Crippen LogP contribution in [0.15, 0.2) is 90.1 Å². The average Bonchev–Trinajstić information content (AvgIpc) is 3.77. The molecule has 3 N–H and O–H groups in total. The van der Waals surface area contributed by atoms with Gasteiger partial charge in [0.2, 0.25) is 5.91 Å². The minimum atomic E-state index is -0.570. The van der Waals surface area contributed by atoms with Crippen molar-refractivity contribution < 1.29 is 28.5 Å². The van der Waals surface area contributed by atoms with E-state index in [9.17, 15) is 9.59 Å². The Labute approximate surface area is 376 Å². The number of amides is 1. The van der Waals surface area contributed by atoms with Crippen LogP contribution in [0, 0.1) is 20.8 Å². The van der Waals surface area contributed by atoms with Crippen molar-refractivity contribution in [3.8, 4) is 21.9 Å². The summed E-state index contributed by atoms with van der Waals surface area (Å²) in [6.07, 6.45) is 3.10. The highest BCUT2D eigenvalue weighted by Crippen LogP contribution is 2.40. The Balaban J connectivity index is 0.781. The molecule has 0 saturated carbocycles. The van der Waals surface area contributed by atoms with E-state index in [2.05, 4.69) is 45.0 Å². The number of nitrogens with zero attached hydrogens (tertiary/aromatic N) is 5. The molecule has 3 aromatic heterocycles. The Morgan fingerprint density at radius 2 is 1.54 bits per heavy atom. The molecule has 1 atom stereocenters. The fraction of sp³-hybridized carbons (Fsp3) is 0.319. The number of carbonyl (C=O) groups excluding carboxylic acids is 2. The number of halogens is 1. The number of fused-ring (bicyclic) bond motifs is 3. The molecule has 0 saturated heterocycles. The highest BCUT2D eigenvalue weighted by atomic mass is 35.5. The number of hydrogen-bond donors (Lipinski definition) is 3. The van der Waals surface area contributed by atoms with Crippen LogP contribution >= 0.6 is 22.9 Å². The molecule has 4 heterocycles. The molecule has 328 valence electrons. The van der Waals surface area contributed by atoms with Crippen LogP contribution in [0.25, 0.3) is 16.1 Å². The number of aryl methyl sites for hydroxylation is 2. The Morgan fingerprint density at radius 1 is 0.841 bits per heavy atom. The molecule has 16 heteroatoms. The van der Waals surface area contributed by atoms with Gasteiger partial charge in [-0.15, -0.1) is 21.5 Å². The fourth-order valence-electron chi connectivity index (χ4n) is 7.15. The van der Waals surface area contributed by atoms with E-state index < -0.39 is 6.04 Å². The number of benzene rings is 3. The van der Waals surface area contributed by atoms with Gasteiger partial charge < -0.3 is 39.7 Å². The second-order valence-corrected chi connectivity index (χ2v) is 16.4. The van der Waals surface area contributed by atoms with Gasteiger partial charge >= 0.3 is 0 Å². The minimum Gasteiger partial charge on any atom is -0.491 e. The summed E-state index contributed by atoms with van der Waals surface area (Å²) in [7, 11) is 1.85. The van der Waals surface area contributed by atoms with E-state index in [-0.39, 0.29) is 12.3 Å². The number of nitrogens with one attached hydrogen (secondary N) is 3. The maximum absolute atomic E-state index is 13.5. The summed E-state index contributed by atoms with van der Waals surface area (Å²) in [5.74, 6) is 2.57. The Hall–Kier alpha value is -5.97. The standard InChI is InChI=1S/C47H51ClN8O6S/c1-30-31(2)63-47-44(30)45(33-5-8-37(48)9-6-33)53-41(46-55-54-32(3)56(46)47)29-43(58)52-38-10-12-39(13-11-38)62-26-25-61-24-23-60-22-21-59-20-18-51-42-28-35(15-17-50-42)34-7-14-40(49-4)36(27-34)16-19-57/h5-15,17,19,27-28,41,49H,16,18,20-26,29H2,1-4H3,(H,50,51)(H,52,58). The monoisotopic (exact) mass is 890 g/mol. The topological polar surface area (TPSA) is 163 Å². The van der Waals surface area contributed by atoms with Crippen molar-refractivity contribution in [2.45, 2.75) is 39.7 Å². The van der Waals surface area contributed by atoms with E-state index in [1.165, 1.54) is 4.88 Å². The molecular formula is C47H51ClN8O6S. The predicted octanol–water partition coefficient (Wildman–Crippen LogP) is 8.21. The van der Waals surface area contributed by atoms with Crippen molar-refractivity contribution in [3.05, 3.63) is 129 Å². The largest absolute Gasteiger partial charge is 0.491 e. The molecule has 1 amide bonds. The lowest BCUT2D eigenvalue weighted by atomic mass is 9.99. The summed E-state index contributed by atoms with van der Waals surface area (Å²) in [5, 5.41) is 20.0. The predicted molar refractivity (Wildman–Crippen MR) is 248 cm³/mol. The summed E-state index contributed by atoms with van der Waals surface area (Å²) in [6.45, 7) is 9.77. The maximum Gasteiger partial charge on any atom is 0.227 e. The lowest BCUT2D eigenvalue weighted by molar-refractivity contribution is -0.116. The smallest absolute Gasteiger partial charge is 0.227 e. The SMILES string of the molecule is CNc1ccc(-c2ccnc(NCCOCCOCCOCCOc3ccc(NC(=O)CC4N=C(c5ccc(Cl)cc5)c5c(sc(C)c5C)-n5c(C)nnc54)cc3)c2)cc1CC=O. The molecule has 6 aromatic rings. The Bertz CT molecular complexity index is 2520. The number of thiophene rings is 1. The molecule has 7 rings (SSSR count). The van der Waals surface area contributed by atoms with E-state index >= 15 is 0 Å². The molecule has 1 unspecified atom stereocenters. The van der Waals surface area contributed by atoms with E-state index in [0.717, 1.165) is 67.7 Å². The van der Waals surface area contributed by atoms with E-state index in [1.54, 1.807) is 29.7 Å². The van der Waals surface area contributed by atoms with Gasteiger partial charge in [0.1, 0.15) is 41.3 Å². The highest BCUT2D eigenvalue weighted by molar-refractivity contribution is 7.15. The number of anilines is 3. The lowest BCUT2D eigenvalue weighted by Gasteiger charge is -2.13. The number of rotatable bonds is 22. The summed E-state index contributed by atoms with van der Waals surface area (Å²) < 4.78 is 24.9. The molecule has 0 aliphatic carbocycles. The van der Waals surface area contributed by atoms with Gasteiger partial charge in [0.15, 0.2) is 5.82 Å². The summed E-state index contributed by atoms with van der Waals surface area (Å²) in [5.41, 5.74) is 8.42. The number of pyridine rings is 1. The first-order valence-corrected chi connectivity index (χ1v) is 22.0. The molecule has 3 aromatic carbocycles. The molecule has 0 bridgehead atoms. The van der Waals surface area contributed by atoms with Crippen LogP contribution in [0.3, 0.4) is 0 Å². The molecule has 14 nitrogen and oxygen atoms in total. The van der Waals surface area contributed by atoms with Crippen molar-refractivity contribution >= 4 is 58.0 Å². The first kappa shape index (κ1) is 45.1. The van der Waals surface area contributed by atoms with Crippen LogP contribution in [-0.2, 0) is 30.2 Å². The summed E-state index contributed by atoms with van der Waals surface area (Å²) >= 11 is 7.91. The third kappa shape index (κ3) is 11.5. The van der Waals surface area contributed by atoms with Crippen LogP contribution in [0.4, 0.5) is 17.2 Å². The third-order valence-electron chi connectivity index (χ3n) is 10.4. The van der Waals surface area contributed by atoms with E-state index in [4.69, 9.17) is 35.5 Å². The van der Waals surface area contributed by atoms with Gasteiger partial charge in [-0.05, 0) is 104 Å². The van der Waals surface area contributed by atoms with Crippen LogP contribution in [0.5, 0.6) is 5.75 Å². The van der Waals surface area contributed by atoms with Gasteiger partial charge in [-0.3, -0.25) is 14.4 Å². The van der Waals surface area contributed by atoms with E-state index in [1.807, 2.05) is 85.3 Å². The number of hydrogen-bond acceptors (Lipinski definition) is 13. The summed E-state index contributed by atoms with van der Waals surface area (Å²) in [4.78, 5) is 35.4. The van der Waals surface area contributed by atoms with Gasteiger partial charge in [0, 0.05) is 58.6 Å². The van der Waals surface area contributed by atoms with Gasteiger partial charge in [-0.1, -0.05) is 29.8 Å². The van der Waals surface area contributed by atoms with Gasteiger partial charge in [-0.2, -0.15) is 0 Å². The lowest BCUT2D eigenvalue weighted by Crippen LogP contribution is -2.17. The van der Waals surface area contributed by atoms with Crippen molar-refractivity contribution in [1.29, 1.82) is 0 Å². The van der Waals surface area contributed by atoms with Crippen molar-refractivity contribution in [1.82, 2.24) is 19.7 Å². The van der Waals surface area contributed by atoms with Crippen LogP contribution < -0.4 is 20.7 Å². The molecule has 0 radical (unpaired) electrons. The van der Waals surface area contributed by atoms with Crippen LogP contribution in [0.2, 0.25) is 5.02 Å². The highest BCUT2D eigenvalue weighted by Gasteiger charge is 2.32. The van der Waals surface area contributed by atoms with Crippen molar-refractivity contribution in [3.63, 3.8) is 0 Å². The van der Waals surface area contributed by atoms with Crippen molar-refractivity contribution in [2.24, 2.45) is 4.99 Å². The molecule has 0 fully saturated rings. The number of aldehydes is 1. The summed E-state index contributed by atoms with van der Waals surface area (Å²) in [6, 6.07) is 24.2. The average molecular weight is 891 g/mol. The van der Waals surface area contributed by atoms with Gasteiger partial charge in [-0.25, -0.2) is 4.98 Å². The number of carbonyl (C=O) groups is 2. The molecule has 0 spiro atoms. The van der Waals surface area contributed by atoms with E-state index in [0.29, 0.717) is 81.5 Å². The molecule has 1 aliphatic rings. The van der Waals surface area contributed by atoms with Crippen molar-refractivity contribution in [2.75, 3.05) is 75.8 Å². The van der Waals surface area contributed by atoms with Gasteiger partial charge in [0.25, 0.3) is 0 Å². The van der Waals surface area contributed by atoms with Gasteiger partial charge in [0.05, 0.1) is 51.8 Å². The fourth-order valence-corrected chi connectivity index (χ4v) is 8.49.